The highest BCUT2D eigenvalue weighted by Crippen LogP contribution is 2.18. The molecule has 1 heterocycles. The van der Waals surface area contributed by atoms with Crippen LogP contribution in [0.15, 0.2) is 0 Å². The molecule has 0 bridgehead atoms. The molecule has 0 aromatic rings. The van der Waals surface area contributed by atoms with E-state index in [2.05, 4.69) is 5.32 Å². The van der Waals surface area contributed by atoms with Crippen molar-refractivity contribution in [2.75, 3.05) is 19.6 Å². The van der Waals surface area contributed by atoms with E-state index in [0.29, 0.717) is 13.1 Å². The Morgan fingerprint density at radius 1 is 1.64 bits per heavy atom. The molecule has 2 amide bonds. The number of hydrogen-bond acceptors (Lipinski definition) is 2. The van der Waals surface area contributed by atoms with E-state index in [1.165, 1.54) is 0 Å². The first-order valence-electron chi connectivity index (χ1n) is 4.70. The summed E-state index contributed by atoms with van der Waals surface area (Å²) in [6.45, 7) is 4.83. The molecule has 1 saturated heterocycles. The Kier molecular flexibility index (Phi) is 2.98. The third-order valence-corrected chi connectivity index (χ3v) is 2.33. The van der Waals surface area contributed by atoms with Gasteiger partial charge in [0.15, 0.2) is 0 Å². The van der Waals surface area contributed by atoms with Crippen LogP contribution in [-0.4, -0.2) is 41.6 Å². The zero-order valence-corrected chi connectivity index (χ0v) is 8.54. The van der Waals surface area contributed by atoms with Gasteiger partial charge in [0.1, 0.15) is 0 Å². The smallest absolute Gasteiger partial charge is 0.317 e. The molecule has 0 aliphatic carbocycles. The lowest BCUT2D eigenvalue weighted by Gasteiger charge is -2.32. The van der Waals surface area contributed by atoms with Crippen molar-refractivity contribution in [1.29, 1.82) is 0 Å². The fourth-order valence-corrected chi connectivity index (χ4v) is 1.37. The van der Waals surface area contributed by atoms with Gasteiger partial charge >= 0.3 is 12.0 Å². The minimum absolute atomic E-state index is 0.162. The minimum atomic E-state index is -0.880. The van der Waals surface area contributed by atoms with Crippen LogP contribution in [0.1, 0.15) is 20.3 Å². The van der Waals surface area contributed by atoms with Gasteiger partial charge in [-0.25, -0.2) is 4.79 Å². The van der Waals surface area contributed by atoms with Gasteiger partial charge in [0.05, 0.1) is 5.41 Å². The summed E-state index contributed by atoms with van der Waals surface area (Å²) in [5.74, 6) is -0.879. The molecule has 0 aromatic carbocycles. The highest BCUT2D eigenvalue weighted by atomic mass is 16.4. The summed E-state index contributed by atoms with van der Waals surface area (Å²) in [5, 5.41) is 11.6. The van der Waals surface area contributed by atoms with E-state index in [-0.39, 0.29) is 12.6 Å². The zero-order valence-electron chi connectivity index (χ0n) is 8.54. The maximum Gasteiger partial charge on any atom is 0.317 e. The van der Waals surface area contributed by atoms with E-state index < -0.39 is 11.4 Å². The second-order valence-electron chi connectivity index (χ2n) is 4.20. The summed E-state index contributed by atoms with van der Waals surface area (Å²) in [6.07, 6.45) is 0.876. The summed E-state index contributed by atoms with van der Waals surface area (Å²) >= 11 is 0. The fraction of sp³-hybridized carbons (Fsp3) is 0.778. The number of hydrogen-bond donors (Lipinski definition) is 2. The first kappa shape index (κ1) is 10.8. The first-order valence-corrected chi connectivity index (χ1v) is 4.70. The molecule has 0 atom stereocenters. The highest BCUT2D eigenvalue weighted by Gasteiger charge is 2.32. The van der Waals surface area contributed by atoms with E-state index in [1.807, 2.05) is 0 Å². The van der Waals surface area contributed by atoms with Crippen molar-refractivity contribution >= 4 is 12.0 Å². The van der Waals surface area contributed by atoms with Crippen molar-refractivity contribution in [3.8, 4) is 0 Å². The summed E-state index contributed by atoms with van der Waals surface area (Å²) < 4.78 is 0. The van der Waals surface area contributed by atoms with Crippen molar-refractivity contribution in [2.45, 2.75) is 20.3 Å². The molecule has 5 nitrogen and oxygen atoms in total. The first-order chi connectivity index (χ1) is 6.43. The molecule has 2 N–H and O–H groups in total. The SMILES string of the molecule is CC(C)(CN1CCCNC1=O)C(=O)O. The van der Waals surface area contributed by atoms with Crippen LogP contribution in [0, 0.1) is 5.41 Å². The number of urea groups is 1. The predicted octanol–water partition coefficient (Wildman–Crippen LogP) is 0.513. The number of nitrogens with one attached hydrogen (secondary N) is 1. The molecule has 14 heavy (non-hydrogen) atoms. The second-order valence-corrected chi connectivity index (χ2v) is 4.20. The molecule has 0 saturated carbocycles. The van der Waals surface area contributed by atoms with Crippen LogP contribution in [0.2, 0.25) is 0 Å². The molecule has 5 heteroatoms. The molecule has 1 aliphatic rings. The molecular weight excluding hydrogens is 184 g/mol. The Morgan fingerprint density at radius 3 is 2.79 bits per heavy atom. The Balaban J connectivity index is 2.58. The lowest BCUT2D eigenvalue weighted by Crippen LogP contribution is -2.51. The Hall–Kier alpha value is -1.26. The van der Waals surface area contributed by atoms with E-state index in [9.17, 15) is 9.59 Å². The number of carboxylic acids is 1. The summed E-state index contributed by atoms with van der Waals surface area (Å²) in [6, 6.07) is -0.162. The normalized spacial score (nSPS) is 17.9. The third-order valence-electron chi connectivity index (χ3n) is 2.33. The van der Waals surface area contributed by atoms with Crippen LogP contribution in [0.4, 0.5) is 4.79 Å². The van der Waals surface area contributed by atoms with Gasteiger partial charge in [-0.2, -0.15) is 0 Å². The van der Waals surface area contributed by atoms with Crippen molar-refractivity contribution in [3.05, 3.63) is 0 Å². The van der Waals surface area contributed by atoms with Crippen LogP contribution in [0.25, 0.3) is 0 Å². The number of carbonyl (C=O) groups excluding carboxylic acids is 1. The van der Waals surface area contributed by atoms with Gasteiger partial charge in [0.2, 0.25) is 0 Å². The molecule has 0 spiro atoms. The van der Waals surface area contributed by atoms with Crippen molar-refractivity contribution in [1.82, 2.24) is 10.2 Å². The quantitative estimate of drug-likeness (QED) is 0.697. The van der Waals surface area contributed by atoms with Crippen LogP contribution in [0.5, 0.6) is 0 Å². The van der Waals surface area contributed by atoms with Gasteiger partial charge in [-0.15, -0.1) is 0 Å². The topological polar surface area (TPSA) is 69.6 Å². The summed E-state index contributed by atoms with van der Waals surface area (Å²) in [4.78, 5) is 23.7. The number of aliphatic carboxylic acids is 1. The molecule has 0 radical (unpaired) electrons. The fourth-order valence-electron chi connectivity index (χ4n) is 1.37. The Bertz CT molecular complexity index is 250. The van der Waals surface area contributed by atoms with Gasteiger partial charge in [0.25, 0.3) is 0 Å². The van der Waals surface area contributed by atoms with Gasteiger partial charge in [-0.1, -0.05) is 0 Å². The van der Waals surface area contributed by atoms with Crippen molar-refractivity contribution in [2.24, 2.45) is 5.41 Å². The zero-order chi connectivity index (χ0) is 10.8. The highest BCUT2D eigenvalue weighted by molar-refractivity contribution is 5.78. The predicted molar refractivity (Wildman–Crippen MR) is 51.0 cm³/mol. The van der Waals surface area contributed by atoms with E-state index >= 15 is 0 Å². The van der Waals surface area contributed by atoms with Gasteiger partial charge in [-0.05, 0) is 20.3 Å². The van der Waals surface area contributed by atoms with Crippen LogP contribution in [0.3, 0.4) is 0 Å². The number of carboxylic acid groups (broad SMARTS) is 1. The van der Waals surface area contributed by atoms with Crippen LogP contribution < -0.4 is 5.32 Å². The average Bonchev–Trinajstić information content (AvgIpc) is 2.08. The number of nitrogens with zero attached hydrogens (tertiary/aromatic N) is 1. The maximum atomic E-state index is 11.3. The monoisotopic (exact) mass is 200 g/mol. The summed E-state index contributed by atoms with van der Waals surface area (Å²) in [5.41, 5.74) is -0.880. The largest absolute Gasteiger partial charge is 0.481 e. The molecule has 0 aromatic heterocycles. The lowest BCUT2D eigenvalue weighted by molar-refractivity contribution is -0.147. The van der Waals surface area contributed by atoms with Crippen molar-refractivity contribution < 1.29 is 14.7 Å². The lowest BCUT2D eigenvalue weighted by atomic mass is 9.93. The third kappa shape index (κ3) is 2.37. The van der Waals surface area contributed by atoms with Crippen molar-refractivity contribution in [3.63, 3.8) is 0 Å². The average molecular weight is 200 g/mol. The number of carbonyl (C=O) groups is 2. The second kappa shape index (κ2) is 3.86. The van der Waals surface area contributed by atoms with Gasteiger partial charge in [0, 0.05) is 19.6 Å². The van der Waals surface area contributed by atoms with Gasteiger partial charge < -0.3 is 15.3 Å². The molecule has 1 aliphatic heterocycles. The Labute approximate surface area is 83.1 Å². The Morgan fingerprint density at radius 2 is 2.29 bits per heavy atom. The molecular formula is C9H16N2O3. The molecule has 1 rings (SSSR count). The summed E-state index contributed by atoms with van der Waals surface area (Å²) in [7, 11) is 0. The van der Waals surface area contributed by atoms with E-state index in [0.717, 1.165) is 6.42 Å². The maximum absolute atomic E-state index is 11.3. The van der Waals surface area contributed by atoms with Crippen LogP contribution >= 0.6 is 0 Å². The van der Waals surface area contributed by atoms with Gasteiger partial charge in [-0.3, -0.25) is 4.79 Å². The number of rotatable bonds is 3. The molecule has 0 unspecified atom stereocenters. The number of amides is 2. The minimum Gasteiger partial charge on any atom is -0.481 e. The van der Waals surface area contributed by atoms with Crippen LogP contribution in [-0.2, 0) is 4.79 Å². The molecule has 1 fully saturated rings. The van der Waals surface area contributed by atoms with E-state index in [4.69, 9.17) is 5.11 Å². The molecule has 80 valence electrons. The standard InChI is InChI=1S/C9H16N2O3/c1-9(2,7(12)13)6-11-5-3-4-10-8(11)14/h3-6H2,1-2H3,(H,10,14)(H,12,13). The van der Waals surface area contributed by atoms with E-state index in [1.54, 1.807) is 18.7 Å².